The fourth-order valence-corrected chi connectivity index (χ4v) is 4.57. The van der Waals surface area contributed by atoms with Gasteiger partial charge in [-0.15, -0.1) is 0 Å². The van der Waals surface area contributed by atoms with Crippen LogP contribution in [0.4, 0.5) is 16.2 Å². The fourth-order valence-electron chi connectivity index (χ4n) is 4.44. The van der Waals surface area contributed by atoms with E-state index in [0.717, 1.165) is 31.0 Å². The third kappa shape index (κ3) is 4.60. The summed E-state index contributed by atoms with van der Waals surface area (Å²) in [6.07, 6.45) is 5.77. The van der Waals surface area contributed by atoms with Crippen molar-refractivity contribution in [1.29, 1.82) is 0 Å². The molecule has 0 bridgehead atoms. The molecule has 32 heavy (non-hydrogen) atoms. The summed E-state index contributed by atoms with van der Waals surface area (Å²) in [6, 6.07) is 12.6. The maximum absolute atomic E-state index is 13.4. The molecule has 1 fully saturated rings. The summed E-state index contributed by atoms with van der Waals surface area (Å²) in [6.45, 7) is 3.50. The molecule has 2 aromatic rings. The highest BCUT2D eigenvalue weighted by Crippen LogP contribution is 2.39. The van der Waals surface area contributed by atoms with Gasteiger partial charge in [0.25, 0.3) is 11.6 Å². The molecule has 7 nitrogen and oxygen atoms in total. The number of hydrogen-bond acceptors (Lipinski definition) is 4. The minimum Gasteiger partial charge on any atom is -0.359 e. The second kappa shape index (κ2) is 9.90. The van der Waals surface area contributed by atoms with Crippen molar-refractivity contribution >= 4 is 34.9 Å². The number of rotatable bonds is 6. The van der Waals surface area contributed by atoms with Gasteiger partial charge in [0.05, 0.1) is 5.69 Å². The zero-order valence-corrected chi connectivity index (χ0v) is 18.8. The van der Waals surface area contributed by atoms with Gasteiger partial charge in [0, 0.05) is 22.8 Å². The molecule has 0 spiro atoms. The van der Waals surface area contributed by atoms with Gasteiger partial charge in [-0.2, -0.15) is 0 Å². The Bertz CT molecular complexity index is 960. The summed E-state index contributed by atoms with van der Waals surface area (Å²) in [5.74, 6) is -0.634. The van der Waals surface area contributed by atoms with Crippen LogP contribution in [-0.4, -0.2) is 48.1 Å². The number of aliphatic hydroxyl groups is 1. The molecular weight excluding hydrogens is 428 g/mol. The third-order valence-corrected chi connectivity index (χ3v) is 6.36. The van der Waals surface area contributed by atoms with Crippen molar-refractivity contribution in [2.24, 2.45) is 0 Å². The van der Waals surface area contributed by atoms with Gasteiger partial charge in [0.15, 0.2) is 0 Å². The zero-order valence-electron chi connectivity index (χ0n) is 18.0. The highest BCUT2D eigenvalue weighted by atomic mass is 35.5. The van der Waals surface area contributed by atoms with Crippen LogP contribution in [0.25, 0.3) is 0 Å². The van der Waals surface area contributed by atoms with E-state index in [1.165, 1.54) is 25.7 Å². The lowest BCUT2D eigenvalue weighted by molar-refractivity contribution is -0.140. The molecule has 0 aliphatic carbocycles. The normalized spacial score (nSPS) is 21.4. The molecule has 0 unspecified atom stereocenters. The Morgan fingerprint density at radius 3 is 2.47 bits per heavy atom. The summed E-state index contributed by atoms with van der Waals surface area (Å²) >= 11 is 6.00. The van der Waals surface area contributed by atoms with Crippen molar-refractivity contribution in [1.82, 2.24) is 10.2 Å². The molecule has 0 saturated carbocycles. The van der Waals surface area contributed by atoms with Crippen LogP contribution in [0.15, 0.2) is 48.5 Å². The van der Waals surface area contributed by atoms with E-state index in [9.17, 15) is 14.7 Å². The minimum absolute atomic E-state index is 0.319. The van der Waals surface area contributed by atoms with E-state index in [-0.39, 0.29) is 0 Å². The minimum atomic E-state index is -2.19. The number of nitrogens with one attached hydrogen (secondary N) is 2. The second-order valence-electron chi connectivity index (χ2n) is 8.33. The van der Waals surface area contributed by atoms with Gasteiger partial charge in [0.1, 0.15) is 0 Å². The number of nitrogens with zero attached hydrogens (tertiary/aromatic N) is 2. The van der Waals surface area contributed by atoms with Gasteiger partial charge in [0.2, 0.25) is 0 Å². The van der Waals surface area contributed by atoms with Gasteiger partial charge in [-0.05, 0) is 69.2 Å². The van der Waals surface area contributed by atoms with Crippen molar-refractivity contribution in [3.8, 4) is 0 Å². The zero-order chi connectivity index (χ0) is 22.6. The van der Waals surface area contributed by atoms with Crippen LogP contribution in [0.1, 0.15) is 37.7 Å². The quantitative estimate of drug-likeness (QED) is 0.575. The van der Waals surface area contributed by atoms with E-state index in [4.69, 9.17) is 11.6 Å². The molecule has 1 saturated heterocycles. The molecule has 170 valence electrons. The summed E-state index contributed by atoms with van der Waals surface area (Å²) in [4.78, 5) is 29.8. The van der Waals surface area contributed by atoms with Crippen LogP contribution in [0.5, 0.6) is 0 Å². The Morgan fingerprint density at radius 2 is 1.75 bits per heavy atom. The Morgan fingerprint density at radius 1 is 1.06 bits per heavy atom. The Hall–Kier alpha value is -2.61. The van der Waals surface area contributed by atoms with Crippen molar-refractivity contribution in [2.45, 2.75) is 37.8 Å². The number of anilines is 2. The molecule has 2 heterocycles. The standard InChI is InChI=1S/C24H29ClN4O3/c25-18-10-12-19(13-11-18)29-23(31)27-21-9-4-3-8-20(21)24(29,32)22(30)26-14-7-17-28-15-5-1-2-6-16-28/h3-4,8-13,32H,1-2,5-7,14-17H2,(H,26,30)(H,27,31)/t24-/m1/s1. The van der Waals surface area contributed by atoms with Crippen molar-refractivity contribution in [2.75, 3.05) is 36.4 Å². The van der Waals surface area contributed by atoms with Gasteiger partial charge in [-0.3, -0.25) is 9.69 Å². The van der Waals surface area contributed by atoms with Crippen molar-refractivity contribution in [3.05, 3.63) is 59.1 Å². The van der Waals surface area contributed by atoms with E-state index in [0.29, 0.717) is 28.5 Å². The second-order valence-corrected chi connectivity index (χ2v) is 8.76. The molecular formula is C24H29ClN4O3. The van der Waals surface area contributed by atoms with Gasteiger partial charge < -0.3 is 20.6 Å². The lowest BCUT2D eigenvalue weighted by Gasteiger charge is -2.42. The summed E-state index contributed by atoms with van der Waals surface area (Å²) in [5.41, 5.74) is -1.09. The molecule has 3 amide bonds. The SMILES string of the molecule is O=C1Nc2ccccc2[C@@](O)(C(=O)NCCCN2CCCCCC2)N1c1ccc(Cl)cc1. The first-order valence-electron chi connectivity index (χ1n) is 11.2. The lowest BCUT2D eigenvalue weighted by Crippen LogP contribution is -2.62. The average Bonchev–Trinajstić information content (AvgIpc) is 3.06. The largest absolute Gasteiger partial charge is 0.359 e. The van der Waals surface area contributed by atoms with Crippen LogP contribution in [0.3, 0.4) is 0 Å². The van der Waals surface area contributed by atoms with E-state index in [2.05, 4.69) is 15.5 Å². The third-order valence-electron chi connectivity index (χ3n) is 6.11. The number of benzene rings is 2. The first kappa shape index (κ1) is 22.6. The molecule has 4 rings (SSSR count). The maximum Gasteiger partial charge on any atom is 0.329 e. The molecule has 2 aliphatic rings. The Labute approximate surface area is 193 Å². The van der Waals surface area contributed by atoms with Crippen LogP contribution in [0, 0.1) is 0 Å². The molecule has 2 aromatic carbocycles. The van der Waals surface area contributed by atoms with E-state index < -0.39 is 17.7 Å². The predicted molar refractivity (Wildman–Crippen MR) is 126 cm³/mol. The fraction of sp³-hybridized carbons (Fsp3) is 0.417. The number of para-hydroxylation sites is 1. The number of carbonyl (C=O) groups excluding carboxylic acids is 2. The summed E-state index contributed by atoms with van der Waals surface area (Å²) in [7, 11) is 0. The van der Waals surface area contributed by atoms with E-state index in [1.807, 2.05) is 0 Å². The number of urea groups is 1. The number of likely N-dealkylation sites (tertiary alicyclic amines) is 1. The van der Waals surface area contributed by atoms with Crippen LogP contribution >= 0.6 is 11.6 Å². The molecule has 8 heteroatoms. The highest BCUT2D eigenvalue weighted by molar-refractivity contribution is 6.30. The van der Waals surface area contributed by atoms with Crippen molar-refractivity contribution < 1.29 is 14.7 Å². The van der Waals surface area contributed by atoms with Gasteiger partial charge in [-0.25, -0.2) is 4.79 Å². The monoisotopic (exact) mass is 456 g/mol. The number of carbonyl (C=O) groups is 2. The van der Waals surface area contributed by atoms with Crippen molar-refractivity contribution in [3.63, 3.8) is 0 Å². The van der Waals surface area contributed by atoms with Gasteiger partial charge >= 0.3 is 6.03 Å². The Balaban J connectivity index is 1.53. The summed E-state index contributed by atoms with van der Waals surface area (Å²) < 4.78 is 0. The molecule has 0 aromatic heterocycles. The molecule has 1 atom stereocenters. The number of fused-ring (bicyclic) bond motifs is 1. The van der Waals surface area contributed by atoms with Crippen LogP contribution in [0.2, 0.25) is 5.02 Å². The number of halogens is 1. The predicted octanol–water partition coefficient (Wildman–Crippen LogP) is 3.92. The maximum atomic E-state index is 13.4. The average molecular weight is 457 g/mol. The first-order valence-corrected chi connectivity index (χ1v) is 11.6. The Kier molecular flexibility index (Phi) is 6.98. The lowest BCUT2D eigenvalue weighted by atomic mass is 9.95. The first-order chi connectivity index (χ1) is 15.5. The molecule has 2 aliphatic heterocycles. The summed E-state index contributed by atoms with van der Waals surface area (Å²) in [5, 5.41) is 17.8. The van der Waals surface area contributed by atoms with Crippen LogP contribution < -0.4 is 15.5 Å². The molecule has 0 radical (unpaired) electrons. The number of amides is 3. The van der Waals surface area contributed by atoms with Crippen LogP contribution in [-0.2, 0) is 10.5 Å². The van der Waals surface area contributed by atoms with E-state index >= 15 is 0 Å². The smallest absolute Gasteiger partial charge is 0.329 e. The number of hydrogen-bond donors (Lipinski definition) is 3. The molecule has 3 N–H and O–H groups in total. The topological polar surface area (TPSA) is 84.9 Å². The van der Waals surface area contributed by atoms with Gasteiger partial charge in [-0.1, -0.05) is 42.6 Å². The van der Waals surface area contributed by atoms with E-state index in [1.54, 1.807) is 48.5 Å². The highest BCUT2D eigenvalue weighted by Gasteiger charge is 2.51.